The van der Waals surface area contributed by atoms with Gasteiger partial charge in [0, 0.05) is 40.0 Å². The molecule has 2 aliphatic rings. The van der Waals surface area contributed by atoms with Crippen molar-refractivity contribution in [1.82, 2.24) is 0 Å². The summed E-state index contributed by atoms with van der Waals surface area (Å²) in [5, 5.41) is 14.1. The van der Waals surface area contributed by atoms with Crippen LogP contribution in [0, 0.1) is 19.6 Å². The Morgan fingerprint density at radius 2 is 2.32 bits per heavy atom. The second kappa shape index (κ2) is 4.88. The average Bonchev–Trinajstić information content (AvgIpc) is 2.81. The van der Waals surface area contributed by atoms with Crippen molar-refractivity contribution in [3.8, 4) is 0 Å². The first kappa shape index (κ1) is 13.1. The third-order valence-corrected chi connectivity index (χ3v) is 4.82. The van der Waals surface area contributed by atoms with Gasteiger partial charge in [0.05, 0.1) is 17.1 Å². The van der Waals surface area contributed by atoms with Crippen LogP contribution in [0.3, 0.4) is 0 Å². The van der Waals surface area contributed by atoms with Crippen LogP contribution in [0.5, 0.6) is 0 Å². The van der Waals surface area contributed by atoms with Gasteiger partial charge in [-0.15, -0.1) is 0 Å². The maximum Gasteiger partial charge on any atom is 0.270 e. The van der Waals surface area contributed by atoms with E-state index >= 15 is 0 Å². The molecule has 1 aliphatic heterocycles. The first-order valence-corrected chi connectivity index (χ1v) is 7.23. The van der Waals surface area contributed by atoms with E-state index in [4.69, 9.17) is 10.5 Å². The van der Waals surface area contributed by atoms with Crippen LogP contribution in [-0.2, 0) is 4.74 Å². The summed E-state index contributed by atoms with van der Waals surface area (Å²) in [5.74, 6) is 0.452. The van der Waals surface area contributed by atoms with Gasteiger partial charge in [0.1, 0.15) is 0 Å². The number of fused-ring (bicyclic) bond motifs is 1. The van der Waals surface area contributed by atoms with Crippen molar-refractivity contribution in [2.75, 3.05) is 11.9 Å². The normalized spacial score (nSPS) is 32.5. The summed E-state index contributed by atoms with van der Waals surface area (Å²) >= 11 is 2.09. The van der Waals surface area contributed by atoms with E-state index in [1.165, 1.54) is 6.07 Å². The molecule has 3 rings (SSSR count). The molecule has 1 heterocycles. The molecule has 1 saturated heterocycles. The minimum atomic E-state index is -0.392. The molecule has 6 nitrogen and oxygen atoms in total. The lowest BCUT2D eigenvalue weighted by Gasteiger charge is -2.46. The van der Waals surface area contributed by atoms with Crippen molar-refractivity contribution in [2.45, 2.75) is 24.6 Å². The van der Waals surface area contributed by atoms with Gasteiger partial charge in [-0.05, 0) is 35.1 Å². The average molecular weight is 375 g/mol. The molecule has 7 heteroatoms. The fraction of sp³-hybridized carbons (Fsp3) is 0.500. The number of nitro benzene ring substituents is 1. The molecular weight excluding hydrogens is 361 g/mol. The van der Waals surface area contributed by atoms with Crippen molar-refractivity contribution in [2.24, 2.45) is 11.7 Å². The van der Waals surface area contributed by atoms with E-state index in [0.29, 0.717) is 5.92 Å². The molecular formula is C12H14IN3O3. The van der Waals surface area contributed by atoms with Crippen LogP contribution < -0.4 is 11.1 Å². The number of anilines is 1. The summed E-state index contributed by atoms with van der Waals surface area (Å²) in [7, 11) is 0. The Hall–Kier alpha value is -0.930. The van der Waals surface area contributed by atoms with Gasteiger partial charge in [-0.3, -0.25) is 10.1 Å². The Morgan fingerprint density at radius 3 is 3.00 bits per heavy atom. The lowest BCUT2D eigenvalue weighted by Crippen LogP contribution is -2.65. The number of halogens is 1. The molecule has 19 heavy (non-hydrogen) atoms. The monoisotopic (exact) mass is 375 g/mol. The molecule has 0 radical (unpaired) electrons. The Balaban J connectivity index is 1.75. The first-order chi connectivity index (χ1) is 9.08. The van der Waals surface area contributed by atoms with Crippen LogP contribution >= 0.6 is 22.6 Å². The number of benzene rings is 1. The molecule has 1 aromatic rings. The molecule has 0 amide bonds. The maximum atomic E-state index is 10.7. The fourth-order valence-corrected chi connectivity index (χ4v) is 3.50. The largest absolute Gasteiger partial charge is 0.377 e. The van der Waals surface area contributed by atoms with E-state index in [0.717, 1.165) is 22.3 Å². The van der Waals surface area contributed by atoms with Crippen molar-refractivity contribution in [3.05, 3.63) is 31.9 Å². The Morgan fingerprint density at radius 1 is 1.53 bits per heavy atom. The van der Waals surface area contributed by atoms with Crippen LogP contribution in [0.4, 0.5) is 11.4 Å². The lowest BCUT2D eigenvalue weighted by atomic mass is 9.72. The zero-order chi connectivity index (χ0) is 13.6. The Kier molecular flexibility index (Phi) is 3.35. The molecule has 0 bridgehead atoms. The van der Waals surface area contributed by atoms with Gasteiger partial charge in [0.2, 0.25) is 0 Å². The maximum absolute atomic E-state index is 10.7. The number of ether oxygens (including phenoxy) is 1. The van der Waals surface area contributed by atoms with Crippen molar-refractivity contribution in [3.63, 3.8) is 0 Å². The van der Waals surface area contributed by atoms with Gasteiger partial charge in [0.25, 0.3) is 5.69 Å². The number of nitro groups is 1. The number of hydrogen-bond acceptors (Lipinski definition) is 5. The van der Waals surface area contributed by atoms with Crippen LogP contribution in [0.25, 0.3) is 0 Å². The fourth-order valence-electron chi connectivity index (χ4n) is 2.84. The first-order valence-electron chi connectivity index (χ1n) is 6.15. The van der Waals surface area contributed by atoms with Crippen LogP contribution in [-0.4, -0.2) is 29.7 Å². The summed E-state index contributed by atoms with van der Waals surface area (Å²) in [4.78, 5) is 10.3. The molecule has 1 aliphatic carbocycles. The van der Waals surface area contributed by atoms with Crippen LogP contribution in [0.2, 0.25) is 0 Å². The molecule has 3 N–H and O–H groups in total. The zero-order valence-corrected chi connectivity index (χ0v) is 12.2. The zero-order valence-electron chi connectivity index (χ0n) is 10.1. The highest BCUT2D eigenvalue weighted by molar-refractivity contribution is 14.1. The third-order valence-electron chi connectivity index (χ3n) is 3.93. The summed E-state index contributed by atoms with van der Waals surface area (Å²) < 4.78 is 6.48. The molecule has 1 saturated carbocycles. The molecule has 4 unspecified atom stereocenters. The molecule has 0 aromatic heterocycles. The second-order valence-corrected chi connectivity index (χ2v) is 6.12. The minimum Gasteiger partial charge on any atom is -0.377 e. The summed E-state index contributed by atoms with van der Waals surface area (Å²) in [5.41, 5.74) is 7.11. The van der Waals surface area contributed by atoms with E-state index in [9.17, 15) is 10.1 Å². The molecule has 102 valence electrons. The van der Waals surface area contributed by atoms with Gasteiger partial charge in [-0.25, -0.2) is 0 Å². The third kappa shape index (κ3) is 2.19. The summed E-state index contributed by atoms with van der Waals surface area (Å²) in [6, 6.07) is 4.98. The van der Waals surface area contributed by atoms with Gasteiger partial charge < -0.3 is 15.8 Å². The number of hydrogen-bond donors (Lipinski definition) is 2. The Bertz CT molecular complexity index is 525. The van der Waals surface area contributed by atoms with Gasteiger partial charge in [0.15, 0.2) is 0 Å². The van der Waals surface area contributed by atoms with Crippen LogP contribution in [0.1, 0.15) is 6.42 Å². The number of nitrogens with zero attached hydrogens (tertiary/aromatic N) is 1. The van der Waals surface area contributed by atoms with Gasteiger partial charge in [-0.2, -0.15) is 0 Å². The van der Waals surface area contributed by atoms with Crippen LogP contribution in [0.15, 0.2) is 18.2 Å². The molecule has 1 aromatic carbocycles. The van der Waals surface area contributed by atoms with Crippen molar-refractivity contribution >= 4 is 34.0 Å². The van der Waals surface area contributed by atoms with E-state index in [2.05, 4.69) is 27.9 Å². The Labute approximate surface area is 124 Å². The molecule has 0 spiro atoms. The summed E-state index contributed by atoms with van der Waals surface area (Å²) in [6.45, 7) is 0.776. The SMILES string of the molecule is NC1C2CCOC2C1Nc1ccc([N+](=O)[O-])cc1I. The standard InChI is InChI=1S/C12H14IN3O3/c13-8-5-6(16(17)18)1-2-9(8)15-11-10(14)7-3-4-19-12(7)11/h1-2,5,7,10-12,15H,3-4,14H2. The molecule has 4 atom stereocenters. The smallest absolute Gasteiger partial charge is 0.270 e. The van der Waals surface area contributed by atoms with E-state index < -0.39 is 4.92 Å². The number of nitrogens with two attached hydrogens (primary N) is 1. The van der Waals surface area contributed by atoms with E-state index in [1.54, 1.807) is 12.1 Å². The molecule has 2 fully saturated rings. The number of rotatable bonds is 3. The van der Waals surface area contributed by atoms with Crippen molar-refractivity contribution in [1.29, 1.82) is 0 Å². The van der Waals surface area contributed by atoms with Gasteiger partial charge in [-0.1, -0.05) is 0 Å². The topological polar surface area (TPSA) is 90.4 Å². The van der Waals surface area contributed by atoms with Gasteiger partial charge >= 0.3 is 0 Å². The summed E-state index contributed by atoms with van der Waals surface area (Å²) in [6.07, 6.45) is 1.21. The highest BCUT2D eigenvalue weighted by Crippen LogP contribution is 2.40. The highest BCUT2D eigenvalue weighted by atomic mass is 127. The predicted molar refractivity (Wildman–Crippen MR) is 79.0 cm³/mol. The van der Waals surface area contributed by atoms with E-state index in [-0.39, 0.29) is 23.9 Å². The number of non-ortho nitro benzene ring substituents is 1. The van der Waals surface area contributed by atoms with Crippen molar-refractivity contribution < 1.29 is 9.66 Å². The van der Waals surface area contributed by atoms with E-state index in [1.807, 2.05) is 0 Å². The quantitative estimate of drug-likeness (QED) is 0.477. The number of nitrogens with one attached hydrogen (secondary N) is 1. The highest BCUT2D eigenvalue weighted by Gasteiger charge is 2.52. The predicted octanol–water partition coefficient (Wildman–Crippen LogP) is 1.73. The minimum absolute atomic E-state index is 0.0958. The lowest BCUT2D eigenvalue weighted by molar-refractivity contribution is -0.384. The second-order valence-electron chi connectivity index (χ2n) is 4.96.